The molecular weight excluding hydrogens is 655 g/mol. The number of benzene rings is 3. The summed E-state index contributed by atoms with van der Waals surface area (Å²) in [6.07, 6.45) is 1.51. The van der Waals surface area contributed by atoms with Gasteiger partial charge in [-0.3, -0.25) is 4.90 Å². The zero-order valence-corrected chi connectivity index (χ0v) is 28.9. The van der Waals surface area contributed by atoms with E-state index in [4.69, 9.17) is 35.3 Å². The highest BCUT2D eigenvalue weighted by molar-refractivity contribution is 7.20. The SMILES string of the molecule is COCCN(Cc1c(OC)cc(OC)cc1OC)C(C)C#Cc1cc2ncnc(Nc3ccc(OCc4cccc(F)c4)c(Cl)c3)c2s1. The molecule has 0 fully saturated rings. The maximum atomic E-state index is 13.5. The highest BCUT2D eigenvalue weighted by Crippen LogP contribution is 2.36. The number of rotatable bonds is 14. The molecule has 0 aliphatic heterocycles. The number of ether oxygens (including phenoxy) is 5. The molecule has 2 aromatic heterocycles. The number of hydrogen-bond donors (Lipinski definition) is 1. The Bertz CT molecular complexity index is 1900. The van der Waals surface area contributed by atoms with Crippen LogP contribution in [0.25, 0.3) is 10.2 Å². The minimum Gasteiger partial charge on any atom is -0.496 e. The summed E-state index contributed by atoms with van der Waals surface area (Å²) in [4.78, 5) is 12.0. The third kappa shape index (κ3) is 8.65. The van der Waals surface area contributed by atoms with E-state index in [-0.39, 0.29) is 18.5 Å². The molecule has 5 rings (SSSR count). The van der Waals surface area contributed by atoms with Crippen LogP contribution in [0.1, 0.15) is 22.9 Å². The Morgan fingerprint density at radius 2 is 1.75 bits per heavy atom. The van der Waals surface area contributed by atoms with Gasteiger partial charge in [0.2, 0.25) is 0 Å². The molecule has 0 spiro atoms. The van der Waals surface area contributed by atoms with E-state index < -0.39 is 0 Å². The number of halogens is 2. The number of nitrogens with zero attached hydrogens (tertiary/aromatic N) is 3. The van der Waals surface area contributed by atoms with E-state index in [0.29, 0.717) is 59.1 Å². The van der Waals surface area contributed by atoms with Crippen molar-refractivity contribution >= 4 is 44.7 Å². The number of aromatic nitrogens is 2. The molecule has 9 nitrogen and oxygen atoms in total. The Kier molecular flexibility index (Phi) is 11.9. The van der Waals surface area contributed by atoms with Crippen LogP contribution in [0.4, 0.5) is 15.9 Å². The summed E-state index contributed by atoms with van der Waals surface area (Å²) in [5, 5.41) is 3.75. The van der Waals surface area contributed by atoms with Gasteiger partial charge in [-0.2, -0.15) is 0 Å². The zero-order chi connectivity index (χ0) is 34.0. The average molecular weight is 691 g/mol. The first-order valence-corrected chi connectivity index (χ1v) is 16.2. The molecule has 0 saturated heterocycles. The van der Waals surface area contributed by atoms with Gasteiger partial charge in [0.1, 0.15) is 41.7 Å². The molecule has 250 valence electrons. The van der Waals surface area contributed by atoms with Crippen LogP contribution in [-0.2, 0) is 17.9 Å². The molecule has 0 bridgehead atoms. The number of nitrogens with one attached hydrogen (secondary N) is 1. The molecule has 0 aliphatic carbocycles. The number of anilines is 2. The van der Waals surface area contributed by atoms with Crippen LogP contribution in [-0.4, -0.2) is 62.5 Å². The van der Waals surface area contributed by atoms with E-state index in [1.54, 1.807) is 52.7 Å². The lowest BCUT2D eigenvalue weighted by Gasteiger charge is -2.27. The van der Waals surface area contributed by atoms with Crippen molar-refractivity contribution in [3.8, 4) is 34.8 Å². The summed E-state index contributed by atoms with van der Waals surface area (Å²) in [7, 11) is 6.54. The van der Waals surface area contributed by atoms with Crippen LogP contribution >= 0.6 is 22.9 Å². The van der Waals surface area contributed by atoms with Crippen molar-refractivity contribution in [3.05, 3.63) is 93.8 Å². The van der Waals surface area contributed by atoms with Gasteiger partial charge in [0.25, 0.3) is 0 Å². The van der Waals surface area contributed by atoms with E-state index in [0.717, 1.165) is 26.3 Å². The smallest absolute Gasteiger partial charge is 0.151 e. The molecule has 0 aliphatic rings. The van der Waals surface area contributed by atoms with Crippen molar-refractivity contribution in [2.75, 3.05) is 46.9 Å². The molecule has 0 amide bonds. The van der Waals surface area contributed by atoms with Gasteiger partial charge in [-0.15, -0.1) is 11.3 Å². The van der Waals surface area contributed by atoms with Gasteiger partial charge in [-0.1, -0.05) is 35.6 Å². The Morgan fingerprint density at radius 3 is 2.44 bits per heavy atom. The van der Waals surface area contributed by atoms with Gasteiger partial charge >= 0.3 is 0 Å². The van der Waals surface area contributed by atoms with Gasteiger partial charge in [0.15, 0.2) is 5.82 Å². The van der Waals surface area contributed by atoms with Gasteiger partial charge in [-0.25, -0.2) is 14.4 Å². The molecule has 5 aromatic rings. The quantitative estimate of drug-likeness (QED) is 0.118. The largest absolute Gasteiger partial charge is 0.496 e. The number of fused-ring (bicyclic) bond motifs is 1. The second-order valence-electron chi connectivity index (χ2n) is 10.7. The fourth-order valence-electron chi connectivity index (χ4n) is 4.95. The van der Waals surface area contributed by atoms with E-state index >= 15 is 0 Å². The molecule has 1 N–H and O–H groups in total. The lowest BCUT2D eigenvalue weighted by atomic mass is 10.1. The maximum Gasteiger partial charge on any atom is 0.151 e. The lowest BCUT2D eigenvalue weighted by molar-refractivity contribution is 0.133. The third-order valence-electron chi connectivity index (χ3n) is 7.50. The van der Waals surface area contributed by atoms with Crippen molar-refractivity contribution in [2.45, 2.75) is 26.1 Å². The molecule has 0 saturated carbocycles. The third-order valence-corrected chi connectivity index (χ3v) is 8.84. The molecular formula is C36H36ClFN4O5S. The van der Waals surface area contributed by atoms with Crippen LogP contribution < -0.4 is 24.3 Å². The summed E-state index contributed by atoms with van der Waals surface area (Å²) in [5.74, 6) is 9.54. The molecule has 1 atom stereocenters. The summed E-state index contributed by atoms with van der Waals surface area (Å²) in [6, 6.07) is 17.1. The van der Waals surface area contributed by atoms with E-state index in [1.165, 1.54) is 29.8 Å². The monoisotopic (exact) mass is 690 g/mol. The molecule has 12 heteroatoms. The van der Waals surface area contributed by atoms with Gasteiger partial charge in [0, 0.05) is 38.0 Å². The standard InChI is InChI=1S/C36H36ClFN4O5S/c1-23(42(13-14-43-2)20-29-33(45-4)17-27(44-3)18-34(29)46-5)9-11-28-19-31-35(48-28)36(40-22-39-31)41-26-10-12-32(30(37)16-26)47-21-24-7-6-8-25(38)15-24/h6-8,10,12,15-19,22-23H,13-14,20-21H2,1-5H3,(H,39,40,41). The molecule has 0 radical (unpaired) electrons. The second-order valence-corrected chi connectivity index (χ2v) is 12.1. The van der Waals surface area contributed by atoms with Crippen molar-refractivity contribution < 1.29 is 28.1 Å². The first-order valence-electron chi connectivity index (χ1n) is 15.0. The highest BCUT2D eigenvalue weighted by Gasteiger charge is 2.20. The predicted octanol–water partition coefficient (Wildman–Crippen LogP) is 7.72. The fraction of sp³-hybridized carbons (Fsp3) is 0.278. The van der Waals surface area contributed by atoms with E-state index in [1.807, 2.05) is 24.3 Å². The first-order chi connectivity index (χ1) is 23.3. The van der Waals surface area contributed by atoms with Crippen LogP contribution in [0.15, 0.2) is 67.0 Å². The minimum atomic E-state index is -0.314. The molecule has 1 unspecified atom stereocenters. The van der Waals surface area contributed by atoms with Gasteiger partial charge < -0.3 is 29.0 Å². The fourth-order valence-corrected chi connectivity index (χ4v) is 6.10. The normalized spacial score (nSPS) is 11.6. The Morgan fingerprint density at radius 1 is 0.958 bits per heavy atom. The highest BCUT2D eigenvalue weighted by atomic mass is 35.5. The van der Waals surface area contributed by atoms with Crippen LogP contribution in [0.3, 0.4) is 0 Å². The topological polar surface area (TPSA) is 87.2 Å². The van der Waals surface area contributed by atoms with Crippen LogP contribution in [0, 0.1) is 17.7 Å². The first kappa shape index (κ1) is 34.7. The predicted molar refractivity (Wildman–Crippen MR) is 188 cm³/mol. The summed E-state index contributed by atoms with van der Waals surface area (Å²) in [5.41, 5.74) is 3.11. The average Bonchev–Trinajstić information content (AvgIpc) is 3.52. The maximum absolute atomic E-state index is 13.5. The van der Waals surface area contributed by atoms with Crippen molar-refractivity contribution in [1.29, 1.82) is 0 Å². The van der Waals surface area contributed by atoms with Gasteiger partial charge in [-0.05, 0) is 48.9 Å². The summed E-state index contributed by atoms with van der Waals surface area (Å²) < 4.78 is 42.4. The van der Waals surface area contributed by atoms with Crippen molar-refractivity contribution in [2.24, 2.45) is 0 Å². The Labute approximate surface area is 288 Å². The molecule has 2 heterocycles. The number of methoxy groups -OCH3 is 4. The Hall–Kier alpha value is -4.60. The lowest BCUT2D eigenvalue weighted by Crippen LogP contribution is -2.34. The van der Waals surface area contributed by atoms with E-state index in [2.05, 4.69) is 38.9 Å². The second kappa shape index (κ2) is 16.5. The number of hydrogen-bond acceptors (Lipinski definition) is 10. The van der Waals surface area contributed by atoms with Crippen LogP contribution in [0.5, 0.6) is 23.0 Å². The van der Waals surface area contributed by atoms with E-state index in [9.17, 15) is 4.39 Å². The minimum absolute atomic E-state index is 0.130. The Balaban J connectivity index is 1.32. The van der Waals surface area contributed by atoms with Crippen molar-refractivity contribution in [1.82, 2.24) is 14.9 Å². The van der Waals surface area contributed by atoms with Gasteiger partial charge in [0.05, 0.1) is 59.7 Å². The molecule has 48 heavy (non-hydrogen) atoms. The van der Waals surface area contributed by atoms with Crippen molar-refractivity contribution in [3.63, 3.8) is 0 Å². The summed E-state index contributed by atoms with van der Waals surface area (Å²) in [6.45, 7) is 3.96. The molecule has 3 aromatic carbocycles. The summed E-state index contributed by atoms with van der Waals surface area (Å²) >= 11 is 8.03. The number of thiophene rings is 1. The zero-order valence-electron chi connectivity index (χ0n) is 27.3. The van der Waals surface area contributed by atoms with Crippen LogP contribution in [0.2, 0.25) is 5.02 Å².